The number of aryl methyl sites for hydroxylation is 2. The van der Waals surface area contributed by atoms with Gasteiger partial charge >= 0.3 is 0 Å². The Morgan fingerprint density at radius 2 is 1.68 bits per heavy atom. The molecule has 1 aliphatic heterocycles. The number of likely N-dealkylation sites (tertiary alicyclic amines) is 1. The highest BCUT2D eigenvalue weighted by Gasteiger charge is 2.36. The van der Waals surface area contributed by atoms with Crippen molar-refractivity contribution in [2.45, 2.75) is 45.7 Å². The van der Waals surface area contributed by atoms with Crippen molar-refractivity contribution in [1.29, 1.82) is 0 Å². The van der Waals surface area contributed by atoms with E-state index in [0.29, 0.717) is 22.5 Å². The van der Waals surface area contributed by atoms with Crippen LogP contribution in [0.15, 0.2) is 54.6 Å². The van der Waals surface area contributed by atoms with Crippen LogP contribution in [0.1, 0.15) is 36.7 Å². The zero-order chi connectivity index (χ0) is 26.2. The Morgan fingerprint density at radius 1 is 1.00 bits per heavy atom. The Kier molecular flexibility index (Phi) is 7.46. The van der Waals surface area contributed by atoms with Gasteiger partial charge in [0.1, 0.15) is 5.82 Å². The SMILES string of the molecule is Cc1cc(NC(C)(CN)C2CCN(Cc3ccccc3)CC2)n2nc(C)c(-c3c(Cl)cccc3Cl)c2n1. The quantitative estimate of drug-likeness (QED) is 0.287. The molecule has 1 atom stereocenters. The Balaban J connectivity index is 1.42. The van der Waals surface area contributed by atoms with E-state index in [1.54, 1.807) is 0 Å². The van der Waals surface area contributed by atoms with Gasteiger partial charge in [0.2, 0.25) is 0 Å². The topological polar surface area (TPSA) is 71.5 Å². The van der Waals surface area contributed by atoms with Crippen molar-refractivity contribution in [3.63, 3.8) is 0 Å². The molecule has 0 amide bonds. The van der Waals surface area contributed by atoms with Crippen LogP contribution in [0.4, 0.5) is 5.82 Å². The van der Waals surface area contributed by atoms with Crippen molar-refractivity contribution in [3.05, 3.63) is 81.6 Å². The van der Waals surface area contributed by atoms with Crippen LogP contribution >= 0.6 is 23.2 Å². The lowest BCUT2D eigenvalue weighted by Crippen LogP contribution is -2.53. The fourth-order valence-electron chi connectivity index (χ4n) is 5.55. The van der Waals surface area contributed by atoms with Crippen LogP contribution in [0.25, 0.3) is 16.8 Å². The summed E-state index contributed by atoms with van der Waals surface area (Å²) in [5.41, 5.74) is 11.6. The zero-order valence-corrected chi connectivity index (χ0v) is 23.2. The minimum absolute atomic E-state index is 0.290. The maximum Gasteiger partial charge on any atom is 0.165 e. The van der Waals surface area contributed by atoms with Gasteiger partial charge in [-0.25, -0.2) is 4.98 Å². The summed E-state index contributed by atoms with van der Waals surface area (Å²) in [5, 5.41) is 9.82. The number of anilines is 1. The summed E-state index contributed by atoms with van der Waals surface area (Å²) >= 11 is 13.2. The molecule has 0 bridgehead atoms. The third-order valence-corrected chi connectivity index (χ3v) is 8.31. The molecule has 1 saturated heterocycles. The Bertz CT molecular complexity index is 1370. The van der Waals surface area contributed by atoms with E-state index in [1.807, 2.05) is 42.6 Å². The first-order chi connectivity index (χ1) is 17.8. The van der Waals surface area contributed by atoms with Gasteiger partial charge in [-0.15, -0.1) is 0 Å². The van der Waals surface area contributed by atoms with E-state index in [-0.39, 0.29) is 5.54 Å². The Hall–Kier alpha value is -2.64. The van der Waals surface area contributed by atoms with Gasteiger partial charge in [0, 0.05) is 30.4 Å². The van der Waals surface area contributed by atoms with Crippen LogP contribution in [-0.2, 0) is 6.54 Å². The summed E-state index contributed by atoms with van der Waals surface area (Å²) in [7, 11) is 0. The highest BCUT2D eigenvalue weighted by Crippen LogP contribution is 2.39. The molecule has 2 aromatic heterocycles. The van der Waals surface area contributed by atoms with Crippen LogP contribution in [0.3, 0.4) is 0 Å². The van der Waals surface area contributed by atoms with Crippen LogP contribution in [0.5, 0.6) is 0 Å². The minimum atomic E-state index is -0.290. The standard InChI is InChI=1S/C29H34Cl2N6/c1-19-16-25(37-28(33-19)26(20(2)35-37)27-23(30)10-7-11-24(27)31)34-29(3,18-32)22-12-14-36(15-13-22)17-21-8-5-4-6-9-21/h4-11,16,22,34H,12-15,17-18,32H2,1-3H3. The predicted molar refractivity (Wildman–Crippen MR) is 153 cm³/mol. The van der Waals surface area contributed by atoms with Gasteiger partial charge in [-0.3, -0.25) is 4.90 Å². The average molecular weight is 538 g/mol. The number of nitrogens with two attached hydrogens (primary N) is 1. The Morgan fingerprint density at radius 3 is 2.32 bits per heavy atom. The predicted octanol–water partition coefficient (Wildman–Crippen LogP) is 6.36. The van der Waals surface area contributed by atoms with E-state index in [4.69, 9.17) is 39.0 Å². The van der Waals surface area contributed by atoms with Crippen molar-refractivity contribution in [3.8, 4) is 11.1 Å². The minimum Gasteiger partial charge on any atom is -0.363 e. The number of halogens is 2. The molecule has 0 radical (unpaired) electrons. The lowest BCUT2D eigenvalue weighted by Gasteiger charge is -2.43. The highest BCUT2D eigenvalue weighted by molar-refractivity contribution is 6.39. The van der Waals surface area contributed by atoms with Gasteiger partial charge in [0.25, 0.3) is 0 Å². The van der Waals surface area contributed by atoms with Crippen molar-refractivity contribution in [1.82, 2.24) is 19.5 Å². The van der Waals surface area contributed by atoms with Crippen molar-refractivity contribution in [2.24, 2.45) is 11.7 Å². The summed E-state index contributed by atoms with van der Waals surface area (Å²) in [6, 6.07) is 18.3. The number of hydrogen-bond donors (Lipinski definition) is 2. The summed E-state index contributed by atoms with van der Waals surface area (Å²) in [6.45, 7) is 9.80. The Labute approximate surface area is 228 Å². The molecule has 8 heteroatoms. The molecular formula is C29H34Cl2N6. The summed E-state index contributed by atoms with van der Waals surface area (Å²) in [4.78, 5) is 7.37. The number of fused-ring (bicyclic) bond motifs is 1. The fourth-order valence-corrected chi connectivity index (χ4v) is 6.13. The number of rotatable bonds is 7. The summed E-state index contributed by atoms with van der Waals surface area (Å²) in [5.74, 6) is 1.31. The van der Waals surface area contributed by atoms with Crippen LogP contribution in [-0.4, -0.2) is 44.7 Å². The maximum atomic E-state index is 6.58. The first-order valence-electron chi connectivity index (χ1n) is 12.8. The van der Waals surface area contributed by atoms with E-state index in [9.17, 15) is 0 Å². The van der Waals surface area contributed by atoms with Gasteiger partial charge in [0.15, 0.2) is 5.65 Å². The van der Waals surface area contributed by atoms with E-state index >= 15 is 0 Å². The second kappa shape index (κ2) is 10.6. The monoisotopic (exact) mass is 536 g/mol. The third kappa shape index (κ3) is 5.21. The zero-order valence-electron chi connectivity index (χ0n) is 21.6. The molecule has 5 rings (SSSR count). The molecule has 1 fully saturated rings. The molecule has 0 spiro atoms. The van der Waals surface area contributed by atoms with Gasteiger partial charge in [-0.1, -0.05) is 59.6 Å². The summed E-state index contributed by atoms with van der Waals surface area (Å²) in [6.07, 6.45) is 2.17. The van der Waals surface area contributed by atoms with Crippen LogP contribution in [0, 0.1) is 19.8 Å². The van der Waals surface area contributed by atoms with E-state index in [1.165, 1.54) is 5.56 Å². The first-order valence-corrected chi connectivity index (χ1v) is 13.6. The largest absolute Gasteiger partial charge is 0.363 e. The van der Waals surface area contributed by atoms with Gasteiger partial charge in [-0.2, -0.15) is 9.61 Å². The van der Waals surface area contributed by atoms with Gasteiger partial charge < -0.3 is 11.1 Å². The lowest BCUT2D eigenvalue weighted by molar-refractivity contribution is 0.141. The smallest absolute Gasteiger partial charge is 0.165 e. The molecule has 0 saturated carbocycles. The number of benzene rings is 2. The normalized spacial score (nSPS) is 16.7. The van der Waals surface area contributed by atoms with Crippen molar-refractivity contribution >= 4 is 34.7 Å². The molecule has 194 valence electrons. The highest BCUT2D eigenvalue weighted by atomic mass is 35.5. The number of nitrogens with one attached hydrogen (secondary N) is 1. The molecule has 37 heavy (non-hydrogen) atoms. The molecule has 1 unspecified atom stereocenters. The number of hydrogen-bond acceptors (Lipinski definition) is 5. The molecule has 0 aliphatic carbocycles. The molecule has 3 N–H and O–H groups in total. The molecule has 4 aromatic rings. The van der Waals surface area contributed by atoms with Crippen molar-refractivity contribution < 1.29 is 0 Å². The number of piperidine rings is 1. The number of aromatic nitrogens is 3. The van der Waals surface area contributed by atoms with Crippen LogP contribution in [0.2, 0.25) is 10.0 Å². The van der Waals surface area contributed by atoms with E-state index < -0.39 is 0 Å². The molecule has 3 heterocycles. The molecule has 1 aliphatic rings. The fraction of sp³-hybridized carbons (Fsp3) is 0.379. The van der Waals surface area contributed by atoms with Gasteiger partial charge in [-0.05, 0) is 70.3 Å². The average Bonchev–Trinajstić information content (AvgIpc) is 3.20. The number of nitrogens with zero attached hydrogens (tertiary/aromatic N) is 4. The second-order valence-electron chi connectivity index (χ2n) is 10.4. The molecule has 2 aromatic carbocycles. The van der Waals surface area contributed by atoms with Crippen molar-refractivity contribution in [2.75, 3.05) is 25.0 Å². The maximum absolute atomic E-state index is 6.58. The molecule has 6 nitrogen and oxygen atoms in total. The van der Waals surface area contributed by atoms with Gasteiger partial charge in [0.05, 0.1) is 26.8 Å². The first kappa shape index (κ1) is 26.0. The second-order valence-corrected chi connectivity index (χ2v) is 11.2. The van der Waals surface area contributed by atoms with E-state index in [2.05, 4.69) is 47.5 Å². The molecular weight excluding hydrogens is 503 g/mol. The van der Waals surface area contributed by atoms with Crippen LogP contribution < -0.4 is 11.1 Å². The van der Waals surface area contributed by atoms with E-state index in [0.717, 1.165) is 66.5 Å². The third-order valence-electron chi connectivity index (χ3n) is 7.68. The lowest BCUT2D eigenvalue weighted by atomic mass is 9.78. The summed E-state index contributed by atoms with van der Waals surface area (Å²) < 4.78 is 1.87.